The lowest BCUT2D eigenvalue weighted by Crippen LogP contribution is -2.14. The summed E-state index contributed by atoms with van der Waals surface area (Å²) in [6.07, 6.45) is 1.58. The summed E-state index contributed by atoms with van der Waals surface area (Å²) < 4.78 is 17.9. The molecule has 7 nitrogen and oxygen atoms in total. The number of rotatable bonds is 9. The number of hydrogen-bond acceptors (Lipinski definition) is 7. The zero-order chi connectivity index (χ0) is 19.1. The van der Waals surface area contributed by atoms with Crippen molar-refractivity contribution in [3.8, 4) is 17.3 Å². The van der Waals surface area contributed by atoms with Gasteiger partial charge >= 0.3 is 5.97 Å². The average molecular weight is 408 g/mol. The van der Waals surface area contributed by atoms with Gasteiger partial charge < -0.3 is 13.9 Å². The van der Waals surface area contributed by atoms with Crippen molar-refractivity contribution < 1.29 is 18.7 Å². The first kappa shape index (κ1) is 19.3. The SMILES string of the molecule is CCn1c(SCC(=O)OCCOc2ccccc2Cl)nnc1-c1ccco1. The zero-order valence-corrected chi connectivity index (χ0v) is 16.2. The minimum Gasteiger partial charge on any atom is -0.488 e. The summed E-state index contributed by atoms with van der Waals surface area (Å²) in [6, 6.07) is 10.7. The highest BCUT2D eigenvalue weighted by Gasteiger charge is 2.16. The Kier molecular flexibility index (Phi) is 6.78. The summed E-state index contributed by atoms with van der Waals surface area (Å²) in [4.78, 5) is 11.9. The number of aromatic nitrogens is 3. The highest BCUT2D eigenvalue weighted by Crippen LogP contribution is 2.24. The molecule has 2 aromatic heterocycles. The molecule has 0 atom stereocenters. The summed E-state index contributed by atoms with van der Waals surface area (Å²) in [6.45, 7) is 3.01. The van der Waals surface area contributed by atoms with Crippen molar-refractivity contribution in [2.24, 2.45) is 0 Å². The smallest absolute Gasteiger partial charge is 0.316 e. The summed E-state index contributed by atoms with van der Waals surface area (Å²) in [5, 5.41) is 9.42. The van der Waals surface area contributed by atoms with Crippen LogP contribution in [0.25, 0.3) is 11.6 Å². The molecule has 0 saturated carbocycles. The van der Waals surface area contributed by atoms with Gasteiger partial charge in [-0.1, -0.05) is 35.5 Å². The van der Waals surface area contributed by atoms with Crippen LogP contribution in [-0.2, 0) is 16.1 Å². The molecule has 0 N–H and O–H groups in total. The van der Waals surface area contributed by atoms with E-state index in [1.807, 2.05) is 29.7 Å². The Hall–Kier alpha value is -2.45. The van der Waals surface area contributed by atoms with Crippen molar-refractivity contribution in [3.63, 3.8) is 0 Å². The molecule has 0 saturated heterocycles. The van der Waals surface area contributed by atoms with E-state index < -0.39 is 0 Å². The Morgan fingerprint density at radius 1 is 1.22 bits per heavy atom. The number of furan rings is 1. The van der Waals surface area contributed by atoms with Crippen LogP contribution in [0.3, 0.4) is 0 Å². The van der Waals surface area contributed by atoms with Crippen LogP contribution < -0.4 is 4.74 Å². The lowest BCUT2D eigenvalue weighted by molar-refractivity contribution is -0.141. The van der Waals surface area contributed by atoms with E-state index in [0.717, 1.165) is 0 Å². The first-order chi connectivity index (χ1) is 13.2. The number of benzene rings is 1. The van der Waals surface area contributed by atoms with Crippen molar-refractivity contribution >= 4 is 29.3 Å². The van der Waals surface area contributed by atoms with Gasteiger partial charge in [0.05, 0.1) is 17.0 Å². The van der Waals surface area contributed by atoms with Crippen molar-refractivity contribution in [3.05, 3.63) is 47.7 Å². The Morgan fingerprint density at radius 2 is 2.07 bits per heavy atom. The maximum absolute atomic E-state index is 11.9. The van der Waals surface area contributed by atoms with Crippen LogP contribution in [-0.4, -0.2) is 39.7 Å². The molecule has 2 heterocycles. The minimum absolute atomic E-state index is 0.127. The number of hydrogen-bond donors (Lipinski definition) is 0. The highest BCUT2D eigenvalue weighted by atomic mass is 35.5. The fourth-order valence-electron chi connectivity index (χ4n) is 2.30. The van der Waals surface area contributed by atoms with Gasteiger partial charge in [0, 0.05) is 6.54 Å². The molecule has 3 aromatic rings. The first-order valence-electron chi connectivity index (χ1n) is 8.32. The standard InChI is InChI=1S/C18H18ClN3O4S/c1-2-22-17(15-8-5-9-24-15)20-21-18(22)27-12-16(23)26-11-10-25-14-7-4-3-6-13(14)19/h3-9H,2,10-12H2,1H3. The third-order valence-electron chi connectivity index (χ3n) is 3.53. The molecule has 142 valence electrons. The Balaban J connectivity index is 1.45. The lowest BCUT2D eigenvalue weighted by Gasteiger charge is -2.09. The molecule has 0 bridgehead atoms. The number of nitrogens with zero attached hydrogens (tertiary/aromatic N) is 3. The Labute approximate surface area is 165 Å². The van der Waals surface area contributed by atoms with E-state index in [9.17, 15) is 4.79 Å². The predicted molar refractivity (Wildman–Crippen MR) is 102 cm³/mol. The maximum Gasteiger partial charge on any atom is 0.316 e. The number of para-hydroxylation sites is 1. The molecular formula is C18H18ClN3O4S. The molecule has 0 fully saturated rings. The molecule has 27 heavy (non-hydrogen) atoms. The molecule has 0 aliphatic heterocycles. The van der Waals surface area contributed by atoms with Crippen LogP contribution in [0.2, 0.25) is 5.02 Å². The van der Waals surface area contributed by atoms with Crippen LogP contribution >= 0.6 is 23.4 Å². The molecular weight excluding hydrogens is 390 g/mol. The number of carbonyl (C=O) groups is 1. The average Bonchev–Trinajstić information content (AvgIpc) is 3.33. The molecule has 0 spiro atoms. The van der Waals surface area contributed by atoms with Gasteiger partial charge in [-0.25, -0.2) is 0 Å². The van der Waals surface area contributed by atoms with E-state index in [2.05, 4.69) is 10.2 Å². The monoisotopic (exact) mass is 407 g/mol. The summed E-state index contributed by atoms with van der Waals surface area (Å²) in [5.74, 6) is 1.60. The predicted octanol–water partition coefficient (Wildman–Crippen LogP) is 3.93. The van der Waals surface area contributed by atoms with Crippen LogP contribution in [0.4, 0.5) is 0 Å². The number of ether oxygens (including phenoxy) is 2. The molecule has 0 amide bonds. The Morgan fingerprint density at radius 3 is 2.81 bits per heavy atom. The zero-order valence-electron chi connectivity index (χ0n) is 14.6. The topological polar surface area (TPSA) is 79.4 Å². The fraction of sp³-hybridized carbons (Fsp3) is 0.278. The van der Waals surface area contributed by atoms with Crippen LogP contribution in [0, 0.1) is 0 Å². The molecule has 9 heteroatoms. The summed E-state index contributed by atoms with van der Waals surface area (Å²) in [7, 11) is 0. The second-order valence-corrected chi connectivity index (χ2v) is 6.67. The number of thioether (sulfide) groups is 1. The van der Waals surface area contributed by atoms with Gasteiger partial charge in [-0.3, -0.25) is 9.36 Å². The van der Waals surface area contributed by atoms with Crippen LogP contribution in [0.15, 0.2) is 52.2 Å². The normalized spacial score (nSPS) is 10.7. The lowest BCUT2D eigenvalue weighted by atomic mass is 10.3. The quantitative estimate of drug-likeness (QED) is 0.302. The third kappa shape index (κ3) is 5.05. The van der Waals surface area contributed by atoms with Gasteiger partial charge in [-0.05, 0) is 31.2 Å². The van der Waals surface area contributed by atoms with E-state index in [1.165, 1.54) is 11.8 Å². The molecule has 1 aromatic carbocycles. The first-order valence-corrected chi connectivity index (χ1v) is 9.68. The van der Waals surface area contributed by atoms with E-state index in [4.69, 9.17) is 25.5 Å². The van der Waals surface area contributed by atoms with Crippen molar-refractivity contribution in [2.45, 2.75) is 18.6 Å². The largest absolute Gasteiger partial charge is 0.488 e. The van der Waals surface area contributed by atoms with Crippen molar-refractivity contribution in [2.75, 3.05) is 19.0 Å². The van der Waals surface area contributed by atoms with Gasteiger partial charge in [0.15, 0.2) is 16.7 Å². The van der Waals surface area contributed by atoms with Crippen LogP contribution in [0.5, 0.6) is 5.75 Å². The maximum atomic E-state index is 11.9. The van der Waals surface area contributed by atoms with Gasteiger partial charge in [0.25, 0.3) is 0 Å². The van der Waals surface area contributed by atoms with E-state index in [-0.39, 0.29) is 24.9 Å². The molecule has 3 rings (SSSR count). The molecule has 0 unspecified atom stereocenters. The summed E-state index contributed by atoms with van der Waals surface area (Å²) >= 11 is 7.26. The third-order valence-corrected chi connectivity index (χ3v) is 4.79. The van der Waals surface area contributed by atoms with Crippen LogP contribution in [0.1, 0.15) is 6.92 Å². The van der Waals surface area contributed by atoms with E-state index in [0.29, 0.717) is 34.1 Å². The van der Waals surface area contributed by atoms with Crippen molar-refractivity contribution in [1.29, 1.82) is 0 Å². The molecule has 0 aliphatic carbocycles. The van der Waals surface area contributed by atoms with Gasteiger partial charge in [-0.2, -0.15) is 0 Å². The molecule has 0 radical (unpaired) electrons. The second kappa shape index (κ2) is 9.48. The summed E-state index contributed by atoms with van der Waals surface area (Å²) in [5.41, 5.74) is 0. The minimum atomic E-state index is -0.354. The van der Waals surface area contributed by atoms with Gasteiger partial charge in [0.1, 0.15) is 19.0 Å². The van der Waals surface area contributed by atoms with E-state index >= 15 is 0 Å². The fourth-order valence-corrected chi connectivity index (χ4v) is 3.29. The highest BCUT2D eigenvalue weighted by molar-refractivity contribution is 7.99. The number of esters is 1. The number of carbonyl (C=O) groups excluding carboxylic acids is 1. The number of halogens is 1. The molecule has 0 aliphatic rings. The second-order valence-electron chi connectivity index (χ2n) is 5.32. The van der Waals surface area contributed by atoms with Crippen molar-refractivity contribution in [1.82, 2.24) is 14.8 Å². The van der Waals surface area contributed by atoms with Gasteiger partial charge in [0.2, 0.25) is 0 Å². The van der Waals surface area contributed by atoms with E-state index in [1.54, 1.807) is 24.5 Å². The Bertz CT molecular complexity index is 883. The van der Waals surface area contributed by atoms with Gasteiger partial charge in [-0.15, -0.1) is 10.2 Å².